The summed E-state index contributed by atoms with van der Waals surface area (Å²) >= 11 is 0. The Morgan fingerprint density at radius 3 is 2.72 bits per heavy atom. The highest BCUT2D eigenvalue weighted by atomic mass is 16.6. The van der Waals surface area contributed by atoms with Gasteiger partial charge in [0.25, 0.3) is 0 Å². The molecule has 18 heavy (non-hydrogen) atoms. The smallest absolute Gasteiger partial charge is 0.333 e. The van der Waals surface area contributed by atoms with Crippen molar-refractivity contribution in [3.63, 3.8) is 0 Å². The number of carbonyl (C=O) groups is 1. The lowest BCUT2D eigenvalue weighted by molar-refractivity contribution is -0.384. The molecule has 8 heteroatoms. The number of anilines is 1. The summed E-state index contributed by atoms with van der Waals surface area (Å²) < 4.78 is 1.49. The number of nitro groups is 1. The number of hydrogen-bond donors (Lipinski definition) is 2. The largest absolute Gasteiger partial charge is 0.368 e. The number of aromatic nitrogens is 2. The molecule has 1 amide bonds. The molecule has 0 aliphatic heterocycles. The van der Waals surface area contributed by atoms with Crippen LogP contribution in [0.25, 0.3) is 0 Å². The molecule has 1 atom stereocenters. The molecule has 0 fully saturated rings. The summed E-state index contributed by atoms with van der Waals surface area (Å²) in [5.41, 5.74) is 5.34. The van der Waals surface area contributed by atoms with Gasteiger partial charge < -0.3 is 11.1 Å². The lowest BCUT2D eigenvalue weighted by atomic mass is 10.3. The zero-order chi connectivity index (χ0) is 13.9. The third-order valence-corrected chi connectivity index (χ3v) is 2.49. The molecular formula is C10H17N5O3. The number of nitrogens with two attached hydrogens (primary N) is 1. The fraction of sp³-hybridized carbons (Fsp3) is 0.600. The van der Waals surface area contributed by atoms with Crippen LogP contribution >= 0.6 is 0 Å². The van der Waals surface area contributed by atoms with Crippen LogP contribution in [-0.2, 0) is 11.3 Å². The minimum absolute atomic E-state index is 0.114. The Hall–Kier alpha value is -2.12. The maximum Gasteiger partial charge on any atom is 0.333 e. The molecule has 0 aliphatic carbocycles. The van der Waals surface area contributed by atoms with Gasteiger partial charge in [0, 0.05) is 6.54 Å². The average molecular weight is 255 g/mol. The first-order chi connectivity index (χ1) is 8.38. The van der Waals surface area contributed by atoms with Crippen LogP contribution in [0.2, 0.25) is 0 Å². The number of nitrogens with one attached hydrogen (secondary N) is 1. The summed E-state index contributed by atoms with van der Waals surface area (Å²) in [5.74, 6) is -0.350. The molecule has 0 aliphatic rings. The van der Waals surface area contributed by atoms with E-state index in [2.05, 4.69) is 10.4 Å². The summed E-state index contributed by atoms with van der Waals surface area (Å²) in [7, 11) is 0. The highest BCUT2D eigenvalue weighted by molar-refractivity contribution is 5.83. The number of amides is 1. The van der Waals surface area contributed by atoms with Crippen LogP contribution in [0.4, 0.5) is 11.5 Å². The van der Waals surface area contributed by atoms with Crippen LogP contribution in [-0.4, -0.2) is 26.7 Å². The molecule has 0 saturated carbocycles. The highest BCUT2D eigenvalue weighted by Gasteiger charge is 2.26. The van der Waals surface area contributed by atoms with E-state index in [0.29, 0.717) is 12.2 Å². The van der Waals surface area contributed by atoms with E-state index in [-0.39, 0.29) is 11.5 Å². The average Bonchev–Trinajstić information content (AvgIpc) is 2.55. The molecular weight excluding hydrogens is 238 g/mol. The number of carbonyl (C=O) groups excluding carboxylic acids is 1. The summed E-state index contributed by atoms with van der Waals surface area (Å²) in [6.07, 6.45) is 0.776. The van der Waals surface area contributed by atoms with E-state index in [1.165, 1.54) is 4.68 Å². The Kier molecular flexibility index (Phi) is 4.24. The van der Waals surface area contributed by atoms with Gasteiger partial charge >= 0.3 is 5.69 Å². The van der Waals surface area contributed by atoms with Crippen LogP contribution in [0.1, 0.15) is 26.0 Å². The van der Waals surface area contributed by atoms with E-state index in [4.69, 9.17) is 5.73 Å². The molecule has 0 bridgehead atoms. The monoisotopic (exact) mass is 255 g/mol. The van der Waals surface area contributed by atoms with Crippen LogP contribution in [0.15, 0.2) is 0 Å². The molecule has 1 aromatic heterocycles. The van der Waals surface area contributed by atoms with Gasteiger partial charge in [-0.3, -0.25) is 14.9 Å². The van der Waals surface area contributed by atoms with Gasteiger partial charge in [-0.05, 0) is 20.3 Å². The molecule has 1 aromatic rings. The van der Waals surface area contributed by atoms with Crippen molar-refractivity contribution in [3.05, 3.63) is 15.8 Å². The zero-order valence-electron chi connectivity index (χ0n) is 10.6. The van der Waals surface area contributed by atoms with E-state index in [1.807, 2.05) is 6.92 Å². The van der Waals surface area contributed by atoms with E-state index in [0.717, 1.165) is 6.42 Å². The maximum absolute atomic E-state index is 11.0. The van der Waals surface area contributed by atoms with Crippen molar-refractivity contribution in [2.75, 3.05) is 5.32 Å². The summed E-state index contributed by atoms with van der Waals surface area (Å²) in [5, 5.41) is 17.9. The van der Waals surface area contributed by atoms with Crippen molar-refractivity contribution in [1.82, 2.24) is 9.78 Å². The second kappa shape index (κ2) is 5.48. The third kappa shape index (κ3) is 2.76. The predicted molar refractivity (Wildman–Crippen MR) is 66.2 cm³/mol. The maximum atomic E-state index is 11.0. The van der Waals surface area contributed by atoms with E-state index in [1.54, 1.807) is 13.8 Å². The van der Waals surface area contributed by atoms with Gasteiger partial charge in [0.1, 0.15) is 11.7 Å². The SMILES string of the molecule is CCCn1nc(C)c([N+](=O)[O-])c1NC(C)C(N)=O. The fourth-order valence-electron chi connectivity index (χ4n) is 1.58. The lowest BCUT2D eigenvalue weighted by Crippen LogP contribution is -2.33. The van der Waals surface area contributed by atoms with Gasteiger partial charge in [0.05, 0.1) is 4.92 Å². The number of rotatable bonds is 6. The van der Waals surface area contributed by atoms with E-state index in [9.17, 15) is 14.9 Å². The van der Waals surface area contributed by atoms with Crippen molar-refractivity contribution in [1.29, 1.82) is 0 Å². The molecule has 1 unspecified atom stereocenters. The molecule has 8 nitrogen and oxygen atoms in total. The first-order valence-corrected chi connectivity index (χ1v) is 5.66. The number of primary amides is 1. The minimum Gasteiger partial charge on any atom is -0.368 e. The van der Waals surface area contributed by atoms with Crippen molar-refractivity contribution in [2.24, 2.45) is 5.73 Å². The molecule has 1 heterocycles. The van der Waals surface area contributed by atoms with Crippen LogP contribution in [0.5, 0.6) is 0 Å². The van der Waals surface area contributed by atoms with Crippen molar-refractivity contribution in [2.45, 2.75) is 39.8 Å². The van der Waals surface area contributed by atoms with Gasteiger partial charge in [-0.15, -0.1) is 0 Å². The van der Waals surface area contributed by atoms with Crippen molar-refractivity contribution in [3.8, 4) is 0 Å². The second-order valence-electron chi connectivity index (χ2n) is 4.03. The fourth-order valence-corrected chi connectivity index (χ4v) is 1.58. The van der Waals surface area contributed by atoms with Crippen molar-refractivity contribution < 1.29 is 9.72 Å². The van der Waals surface area contributed by atoms with Gasteiger partial charge in [0.2, 0.25) is 11.7 Å². The van der Waals surface area contributed by atoms with Gasteiger partial charge in [-0.25, -0.2) is 4.68 Å². The van der Waals surface area contributed by atoms with Gasteiger partial charge in [0.15, 0.2) is 0 Å². The van der Waals surface area contributed by atoms with Crippen molar-refractivity contribution >= 4 is 17.4 Å². The number of hydrogen-bond acceptors (Lipinski definition) is 5. The predicted octanol–water partition coefficient (Wildman–Crippen LogP) is 0.795. The highest BCUT2D eigenvalue weighted by Crippen LogP contribution is 2.28. The first kappa shape index (κ1) is 13.9. The Morgan fingerprint density at radius 2 is 2.28 bits per heavy atom. The molecule has 3 N–H and O–H groups in total. The molecule has 0 radical (unpaired) electrons. The quantitative estimate of drug-likeness (QED) is 0.576. The molecule has 0 spiro atoms. The standard InChI is InChI=1S/C10H17N5O3/c1-4-5-14-10(12-7(3)9(11)16)8(15(17)18)6(2)13-14/h7,12H,4-5H2,1-3H3,(H2,11,16). The Balaban J connectivity index is 3.19. The molecule has 100 valence electrons. The molecule has 0 saturated heterocycles. The second-order valence-corrected chi connectivity index (χ2v) is 4.03. The zero-order valence-corrected chi connectivity index (χ0v) is 10.6. The van der Waals surface area contributed by atoms with Gasteiger partial charge in [-0.2, -0.15) is 5.10 Å². The lowest BCUT2D eigenvalue weighted by Gasteiger charge is -2.12. The van der Waals surface area contributed by atoms with Crippen LogP contribution < -0.4 is 11.1 Å². The first-order valence-electron chi connectivity index (χ1n) is 5.66. The Labute approximate surface area is 104 Å². The number of nitrogens with zero attached hydrogens (tertiary/aromatic N) is 3. The Morgan fingerprint density at radius 1 is 1.67 bits per heavy atom. The summed E-state index contributed by atoms with van der Waals surface area (Å²) in [4.78, 5) is 21.5. The van der Waals surface area contributed by atoms with E-state index >= 15 is 0 Å². The topological polar surface area (TPSA) is 116 Å². The third-order valence-electron chi connectivity index (χ3n) is 2.49. The summed E-state index contributed by atoms with van der Waals surface area (Å²) in [6, 6.07) is -0.699. The number of aryl methyl sites for hydroxylation is 2. The van der Waals surface area contributed by atoms with Crippen LogP contribution in [0, 0.1) is 17.0 Å². The van der Waals surface area contributed by atoms with E-state index < -0.39 is 16.9 Å². The normalized spacial score (nSPS) is 12.2. The van der Waals surface area contributed by atoms with Crippen LogP contribution in [0.3, 0.4) is 0 Å². The van der Waals surface area contributed by atoms with Gasteiger partial charge in [-0.1, -0.05) is 6.92 Å². The summed E-state index contributed by atoms with van der Waals surface area (Å²) in [6.45, 7) is 5.57. The molecule has 1 rings (SSSR count). The Bertz CT molecular complexity index is 468. The minimum atomic E-state index is -0.699. The molecule has 0 aromatic carbocycles.